The molecule has 0 heterocycles. The van der Waals surface area contributed by atoms with E-state index in [0.29, 0.717) is 6.54 Å². The fraction of sp³-hybridized carbons (Fsp3) is 0.867. The average molecular weight is 299 g/mol. The van der Waals surface area contributed by atoms with Crippen molar-refractivity contribution in [3.05, 3.63) is 0 Å². The number of hydrogen-bond donors (Lipinski definition) is 3. The third kappa shape index (κ3) is 6.33. The van der Waals surface area contributed by atoms with Gasteiger partial charge >= 0.3 is 12.0 Å². The van der Waals surface area contributed by atoms with Gasteiger partial charge in [0.05, 0.1) is 12.0 Å². The van der Waals surface area contributed by atoms with Gasteiger partial charge in [-0.3, -0.25) is 4.79 Å². The third-order valence-electron chi connectivity index (χ3n) is 4.13. The number of nitrogens with zero attached hydrogens (tertiary/aromatic N) is 1. The zero-order chi connectivity index (χ0) is 15.7. The topological polar surface area (TPSA) is 81.7 Å². The second-order valence-corrected chi connectivity index (χ2v) is 5.87. The minimum atomic E-state index is -0.850. The van der Waals surface area contributed by atoms with E-state index in [1.165, 1.54) is 0 Å². The van der Waals surface area contributed by atoms with Crippen molar-refractivity contribution in [2.75, 3.05) is 26.2 Å². The second-order valence-electron chi connectivity index (χ2n) is 5.87. The molecule has 0 spiro atoms. The molecular formula is C15H29N3O3. The lowest BCUT2D eigenvalue weighted by Crippen LogP contribution is -2.52. The van der Waals surface area contributed by atoms with Crippen molar-refractivity contribution in [2.45, 2.75) is 57.9 Å². The van der Waals surface area contributed by atoms with E-state index >= 15 is 0 Å². The van der Waals surface area contributed by atoms with Crippen molar-refractivity contribution in [3.63, 3.8) is 0 Å². The lowest BCUT2D eigenvalue weighted by Gasteiger charge is -2.29. The lowest BCUT2D eigenvalue weighted by molar-refractivity contribution is -0.138. The molecule has 0 atom stereocenters. The first-order chi connectivity index (χ1) is 10.0. The maximum atomic E-state index is 12.0. The summed E-state index contributed by atoms with van der Waals surface area (Å²) in [5.41, 5.74) is -0.552. The van der Waals surface area contributed by atoms with Gasteiger partial charge in [-0.2, -0.15) is 0 Å². The number of carbonyl (C=O) groups is 2. The summed E-state index contributed by atoms with van der Waals surface area (Å²) < 4.78 is 0. The quantitative estimate of drug-likeness (QED) is 0.606. The SMILES string of the molecule is CCCN(CC)CCNC(=O)NC1(CC(=O)O)CCCC1. The van der Waals surface area contributed by atoms with E-state index in [4.69, 9.17) is 5.11 Å². The highest BCUT2D eigenvalue weighted by Crippen LogP contribution is 2.32. The van der Waals surface area contributed by atoms with Crippen molar-refractivity contribution < 1.29 is 14.7 Å². The summed E-state index contributed by atoms with van der Waals surface area (Å²) in [7, 11) is 0. The molecule has 3 N–H and O–H groups in total. The summed E-state index contributed by atoms with van der Waals surface area (Å²) in [5.74, 6) is -0.850. The summed E-state index contributed by atoms with van der Waals surface area (Å²) in [6.07, 6.45) is 4.58. The molecule has 0 unspecified atom stereocenters. The van der Waals surface area contributed by atoms with Crippen LogP contribution in [0.2, 0.25) is 0 Å². The maximum Gasteiger partial charge on any atom is 0.315 e. The molecule has 6 heteroatoms. The Morgan fingerprint density at radius 1 is 1.19 bits per heavy atom. The Kier molecular flexibility index (Phi) is 7.50. The minimum Gasteiger partial charge on any atom is -0.481 e. The van der Waals surface area contributed by atoms with Gasteiger partial charge in [-0.1, -0.05) is 26.7 Å². The standard InChI is InChI=1S/C15H29N3O3/c1-3-10-18(4-2)11-9-16-14(21)17-15(12-13(19)20)7-5-6-8-15/h3-12H2,1-2H3,(H,19,20)(H2,16,17,21). The Bertz CT molecular complexity index is 341. The minimum absolute atomic E-state index is 0.0112. The molecule has 0 bridgehead atoms. The Balaban J connectivity index is 2.35. The first-order valence-corrected chi connectivity index (χ1v) is 8.01. The van der Waals surface area contributed by atoms with E-state index < -0.39 is 11.5 Å². The highest BCUT2D eigenvalue weighted by molar-refractivity contribution is 5.76. The van der Waals surface area contributed by atoms with Gasteiger partial charge in [-0.05, 0) is 32.4 Å². The van der Waals surface area contributed by atoms with Crippen LogP contribution in [0.5, 0.6) is 0 Å². The molecule has 122 valence electrons. The predicted octanol–water partition coefficient (Wildman–Crippen LogP) is 1.80. The summed E-state index contributed by atoms with van der Waals surface area (Å²) in [5, 5.41) is 14.8. The van der Waals surface area contributed by atoms with E-state index in [1.54, 1.807) is 0 Å². The van der Waals surface area contributed by atoms with Gasteiger partial charge in [0.25, 0.3) is 0 Å². The Labute approximate surface area is 127 Å². The van der Waals surface area contributed by atoms with E-state index in [-0.39, 0.29) is 12.5 Å². The summed E-state index contributed by atoms with van der Waals surface area (Å²) >= 11 is 0. The van der Waals surface area contributed by atoms with E-state index in [9.17, 15) is 9.59 Å². The number of amides is 2. The van der Waals surface area contributed by atoms with Crippen molar-refractivity contribution in [3.8, 4) is 0 Å². The Morgan fingerprint density at radius 2 is 1.86 bits per heavy atom. The summed E-state index contributed by atoms with van der Waals surface area (Å²) in [6.45, 7) is 7.66. The van der Waals surface area contributed by atoms with Crippen molar-refractivity contribution in [1.29, 1.82) is 0 Å². The number of carboxylic acid groups (broad SMARTS) is 1. The van der Waals surface area contributed by atoms with Crippen molar-refractivity contribution in [1.82, 2.24) is 15.5 Å². The van der Waals surface area contributed by atoms with Crippen molar-refractivity contribution >= 4 is 12.0 Å². The first kappa shape index (κ1) is 17.8. The van der Waals surface area contributed by atoms with Crippen LogP contribution in [0.4, 0.5) is 4.79 Å². The van der Waals surface area contributed by atoms with Gasteiger partial charge < -0.3 is 20.6 Å². The molecule has 1 saturated carbocycles. The molecule has 1 rings (SSSR count). The number of urea groups is 1. The molecule has 0 radical (unpaired) electrons. The zero-order valence-corrected chi connectivity index (χ0v) is 13.3. The zero-order valence-electron chi connectivity index (χ0n) is 13.3. The number of nitrogens with one attached hydrogen (secondary N) is 2. The van der Waals surface area contributed by atoms with Crippen LogP contribution in [0, 0.1) is 0 Å². The van der Waals surface area contributed by atoms with Crippen LogP contribution in [0.3, 0.4) is 0 Å². The summed E-state index contributed by atoms with van der Waals surface area (Å²) in [6, 6.07) is -0.245. The average Bonchev–Trinajstić information content (AvgIpc) is 2.84. The molecule has 1 aliphatic carbocycles. The van der Waals surface area contributed by atoms with Crippen LogP contribution in [0.15, 0.2) is 0 Å². The highest BCUT2D eigenvalue weighted by Gasteiger charge is 2.37. The molecule has 0 aliphatic heterocycles. The Morgan fingerprint density at radius 3 is 2.38 bits per heavy atom. The van der Waals surface area contributed by atoms with Crippen LogP contribution < -0.4 is 10.6 Å². The lowest BCUT2D eigenvalue weighted by atomic mass is 9.93. The van der Waals surface area contributed by atoms with Crippen LogP contribution >= 0.6 is 0 Å². The molecule has 2 amide bonds. The van der Waals surface area contributed by atoms with Gasteiger partial charge in [-0.25, -0.2) is 4.79 Å². The largest absolute Gasteiger partial charge is 0.481 e. The predicted molar refractivity (Wildman–Crippen MR) is 82.4 cm³/mol. The second kappa shape index (κ2) is 8.87. The molecule has 1 aliphatic rings. The number of aliphatic carboxylic acids is 1. The van der Waals surface area contributed by atoms with Crippen molar-refractivity contribution in [2.24, 2.45) is 0 Å². The number of carboxylic acids is 1. The van der Waals surface area contributed by atoms with Crippen LogP contribution in [0.25, 0.3) is 0 Å². The van der Waals surface area contributed by atoms with Gasteiger partial charge in [0.1, 0.15) is 0 Å². The number of hydrogen-bond acceptors (Lipinski definition) is 3. The molecular weight excluding hydrogens is 270 g/mol. The smallest absolute Gasteiger partial charge is 0.315 e. The monoisotopic (exact) mass is 299 g/mol. The van der Waals surface area contributed by atoms with Gasteiger partial charge in [0.15, 0.2) is 0 Å². The molecule has 0 aromatic carbocycles. The normalized spacial score (nSPS) is 16.9. The maximum absolute atomic E-state index is 12.0. The van der Waals surface area contributed by atoms with E-state index in [2.05, 4.69) is 29.4 Å². The van der Waals surface area contributed by atoms with Gasteiger partial charge in [0, 0.05) is 13.1 Å². The van der Waals surface area contributed by atoms with Gasteiger partial charge in [0.2, 0.25) is 0 Å². The number of rotatable bonds is 9. The molecule has 1 fully saturated rings. The molecule has 0 saturated heterocycles. The highest BCUT2D eigenvalue weighted by atomic mass is 16.4. The first-order valence-electron chi connectivity index (χ1n) is 8.01. The summed E-state index contributed by atoms with van der Waals surface area (Å²) in [4.78, 5) is 25.2. The molecule has 0 aromatic heterocycles. The third-order valence-corrected chi connectivity index (χ3v) is 4.13. The Hall–Kier alpha value is -1.30. The molecule has 21 heavy (non-hydrogen) atoms. The fourth-order valence-electron chi connectivity index (χ4n) is 3.04. The number of likely N-dealkylation sites (N-methyl/N-ethyl adjacent to an activating group) is 1. The fourth-order valence-corrected chi connectivity index (χ4v) is 3.04. The van der Waals surface area contributed by atoms with Crippen LogP contribution in [0.1, 0.15) is 52.4 Å². The van der Waals surface area contributed by atoms with E-state index in [1.807, 2.05) is 0 Å². The molecule has 0 aromatic rings. The molecule has 6 nitrogen and oxygen atoms in total. The van der Waals surface area contributed by atoms with Crippen LogP contribution in [-0.4, -0.2) is 53.7 Å². The van der Waals surface area contributed by atoms with Crippen LogP contribution in [-0.2, 0) is 4.79 Å². The van der Waals surface area contributed by atoms with Gasteiger partial charge in [-0.15, -0.1) is 0 Å². The van der Waals surface area contributed by atoms with E-state index in [0.717, 1.165) is 51.7 Å². The number of carbonyl (C=O) groups excluding carboxylic acids is 1.